The van der Waals surface area contributed by atoms with Gasteiger partial charge < -0.3 is 9.59 Å². The van der Waals surface area contributed by atoms with Crippen LogP contribution in [0.15, 0.2) is 12.3 Å². The van der Waals surface area contributed by atoms with Crippen molar-refractivity contribution < 1.29 is 14.4 Å². The molecule has 0 aliphatic heterocycles. The summed E-state index contributed by atoms with van der Waals surface area (Å²) >= 11 is 0. The third-order valence-corrected chi connectivity index (χ3v) is 1.44. The van der Waals surface area contributed by atoms with Crippen LogP contribution in [0.25, 0.3) is 0 Å². The van der Waals surface area contributed by atoms with E-state index in [0.29, 0.717) is 4.48 Å². The topological polar surface area (TPSA) is 37.3 Å². The summed E-state index contributed by atoms with van der Waals surface area (Å²) in [6.45, 7) is 2.90. The molecule has 0 bridgehead atoms. The maximum absolute atomic E-state index is 10.1. The lowest BCUT2D eigenvalue weighted by Gasteiger charge is -2.21. The molecule has 0 saturated carbocycles. The first kappa shape index (κ1) is 9.17. The smallest absolute Gasteiger partial charge is 0.333 e. The van der Waals surface area contributed by atoms with Gasteiger partial charge in [-0.15, -0.1) is 0 Å². The first-order chi connectivity index (χ1) is 4.48. The number of quaternary nitrogens is 1. The molecule has 58 valence electrons. The zero-order valence-corrected chi connectivity index (χ0v) is 6.66. The largest absolute Gasteiger partial charge is 0.478 e. The molecule has 3 nitrogen and oxygen atoms in total. The highest BCUT2D eigenvalue weighted by Gasteiger charge is 2.06. The molecule has 3 heteroatoms. The van der Waals surface area contributed by atoms with Gasteiger partial charge in [-0.1, -0.05) is 0 Å². The Balaban J connectivity index is 3.99. The number of hydrogen-bond donors (Lipinski definition) is 1. The Bertz CT molecular complexity index is 150. The van der Waals surface area contributed by atoms with Crippen LogP contribution in [0.1, 0.15) is 6.92 Å². The van der Waals surface area contributed by atoms with E-state index >= 15 is 0 Å². The third-order valence-electron chi connectivity index (χ3n) is 1.44. The molecule has 0 radical (unpaired) electrons. The van der Waals surface area contributed by atoms with Crippen LogP contribution in [-0.2, 0) is 4.79 Å². The molecule has 0 amide bonds. The van der Waals surface area contributed by atoms with Gasteiger partial charge >= 0.3 is 5.97 Å². The zero-order valence-electron chi connectivity index (χ0n) is 6.66. The van der Waals surface area contributed by atoms with Gasteiger partial charge in [0.15, 0.2) is 0 Å². The van der Waals surface area contributed by atoms with Gasteiger partial charge in [-0.25, -0.2) is 4.79 Å². The Morgan fingerprint density at radius 3 is 2.40 bits per heavy atom. The van der Waals surface area contributed by atoms with E-state index < -0.39 is 5.97 Å². The first-order valence-electron chi connectivity index (χ1n) is 3.23. The summed E-state index contributed by atoms with van der Waals surface area (Å²) in [5, 5.41) is 8.28. The Kier molecular flexibility index (Phi) is 3.09. The average Bonchev–Trinajstić information content (AvgIpc) is 1.85. The number of aliphatic carboxylic acids is 1. The highest BCUT2D eigenvalue weighted by Crippen LogP contribution is 1.95. The Hall–Kier alpha value is -0.830. The fourth-order valence-corrected chi connectivity index (χ4v) is 0.371. The SMILES string of the molecule is CC[N+](C)(C)C=CC(=O)O. The van der Waals surface area contributed by atoms with Gasteiger partial charge in [0, 0.05) is 0 Å². The van der Waals surface area contributed by atoms with E-state index in [1.807, 2.05) is 21.0 Å². The van der Waals surface area contributed by atoms with E-state index in [4.69, 9.17) is 5.11 Å². The minimum atomic E-state index is -0.889. The molecule has 0 unspecified atom stereocenters. The molecular formula is C7H14NO2+. The standard InChI is InChI=1S/C7H13NO2/c1-4-8(2,3)6-5-7(9)10/h5-6H,4H2,1-3H3/p+1. The minimum absolute atomic E-state index is 0.603. The van der Waals surface area contributed by atoms with Gasteiger partial charge in [0.2, 0.25) is 0 Å². The Labute approximate surface area is 61.2 Å². The number of rotatable bonds is 3. The molecule has 0 aliphatic rings. The molecule has 0 rings (SSSR count). The van der Waals surface area contributed by atoms with Gasteiger partial charge in [0.1, 0.15) is 6.20 Å². The summed E-state index contributed by atoms with van der Waals surface area (Å²) in [6.07, 6.45) is 2.83. The Morgan fingerprint density at radius 2 is 2.10 bits per heavy atom. The van der Waals surface area contributed by atoms with E-state index in [2.05, 4.69) is 0 Å². The van der Waals surface area contributed by atoms with Gasteiger partial charge in [-0.2, -0.15) is 0 Å². The van der Waals surface area contributed by atoms with Crippen LogP contribution in [0.5, 0.6) is 0 Å². The molecule has 0 aromatic heterocycles. The quantitative estimate of drug-likeness (QED) is 0.467. The minimum Gasteiger partial charge on any atom is -0.478 e. The van der Waals surface area contributed by atoms with E-state index in [0.717, 1.165) is 6.54 Å². The highest BCUT2D eigenvalue weighted by atomic mass is 16.4. The van der Waals surface area contributed by atoms with Crippen molar-refractivity contribution in [1.82, 2.24) is 0 Å². The Morgan fingerprint density at radius 1 is 1.60 bits per heavy atom. The molecule has 1 N–H and O–H groups in total. The van der Waals surface area contributed by atoms with E-state index in [9.17, 15) is 4.79 Å². The zero-order chi connectivity index (χ0) is 8.20. The second kappa shape index (κ2) is 3.37. The lowest BCUT2D eigenvalue weighted by Crippen LogP contribution is -2.32. The molecule has 0 aromatic rings. The number of carboxylic acids is 1. The number of hydrogen-bond acceptors (Lipinski definition) is 1. The van der Waals surface area contributed by atoms with E-state index in [1.54, 1.807) is 6.20 Å². The summed E-state index contributed by atoms with van der Waals surface area (Å²) in [7, 11) is 3.89. The first-order valence-corrected chi connectivity index (χ1v) is 3.23. The molecule has 0 atom stereocenters. The summed E-state index contributed by atoms with van der Waals surface area (Å²) in [6, 6.07) is 0. The predicted octanol–water partition coefficient (Wildman–Crippen LogP) is 0.681. The van der Waals surface area contributed by atoms with E-state index in [-0.39, 0.29) is 0 Å². The molecular weight excluding hydrogens is 130 g/mol. The lowest BCUT2D eigenvalue weighted by molar-refractivity contribution is -0.836. The van der Waals surface area contributed by atoms with Crippen LogP contribution in [0, 0.1) is 0 Å². The predicted molar refractivity (Wildman–Crippen MR) is 39.4 cm³/mol. The maximum atomic E-state index is 10.1. The second-order valence-electron chi connectivity index (χ2n) is 2.75. The van der Waals surface area contributed by atoms with Crippen molar-refractivity contribution in [3.63, 3.8) is 0 Å². The fraction of sp³-hybridized carbons (Fsp3) is 0.571. The van der Waals surface area contributed by atoms with Crippen molar-refractivity contribution >= 4 is 5.97 Å². The van der Waals surface area contributed by atoms with Crippen molar-refractivity contribution in [1.29, 1.82) is 0 Å². The van der Waals surface area contributed by atoms with Crippen LogP contribution < -0.4 is 0 Å². The van der Waals surface area contributed by atoms with Crippen molar-refractivity contribution in [3.8, 4) is 0 Å². The van der Waals surface area contributed by atoms with Gasteiger partial charge in [0.25, 0.3) is 0 Å². The molecule has 0 saturated heterocycles. The summed E-state index contributed by atoms with van der Waals surface area (Å²) in [5.74, 6) is -0.889. The monoisotopic (exact) mass is 144 g/mol. The summed E-state index contributed by atoms with van der Waals surface area (Å²) < 4.78 is 0.603. The van der Waals surface area contributed by atoms with Crippen LogP contribution in [-0.4, -0.2) is 36.2 Å². The molecule has 0 spiro atoms. The average molecular weight is 144 g/mol. The molecule has 0 heterocycles. The maximum Gasteiger partial charge on any atom is 0.333 e. The molecule has 10 heavy (non-hydrogen) atoms. The van der Waals surface area contributed by atoms with Gasteiger partial charge in [-0.05, 0) is 6.92 Å². The van der Waals surface area contributed by atoms with Crippen LogP contribution in [0.4, 0.5) is 0 Å². The van der Waals surface area contributed by atoms with Gasteiger partial charge in [-0.3, -0.25) is 0 Å². The van der Waals surface area contributed by atoms with Crippen molar-refractivity contribution in [2.24, 2.45) is 0 Å². The fourth-order valence-electron chi connectivity index (χ4n) is 0.371. The van der Waals surface area contributed by atoms with Crippen LogP contribution in [0.2, 0.25) is 0 Å². The molecule has 0 aromatic carbocycles. The number of carboxylic acid groups (broad SMARTS) is 1. The summed E-state index contributed by atoms with van der Waals surface area (Å²) in [4.78, 5) is 10.1. The highest BCUT2D eigenvalue weighted by molar-refractivity contribution is 5.79. The third kappa shape index (κ3) is 4.09. The number of carbonyl (C=O) groups is 1. The van der Waals surface area contributed by atoms with Crippen molar-refractivity contribution in [2.75, 3.05) is 20.6 Å². The molecule has 0 aliphatic carbocycles. The van der Waals surface area contributed by atoms with Crippen molar-refractivity contribution in [2.45, 2.75) is 6.92 Å². The van der Waals surface area contributed by atoms with Crippen LogP contribution in [0.3, 0.4) is 0 Å². The van der Waals surface area contributed by atoms with E-state index in [1.165, 1.54) is 6.08 Å². The van der Waals surface area contributed by atoms with Crippen LogP contribution >= 0.6 is 0 Å². The number of nitrogens with zero attached hydrogens (tertiary/aromatic N) is 1. The van der Waals surface area contributed by atoms with Crippen molar-refractivity contribution in [3.05, 3.63) is 12.3 Å². The molecule has 0 fully saturated rings. The normalized spacial score (nSPS) is 12.3. The second-order valence-corrected chi connectivity index (χ2v) is 2.75. The lowest BCUT2D eigenvalue weighted by atomic mass is 10.5. The van der Waals surface area contributed by atoms with Gasteiger partial charge in [0.05, 0.1) is 26.7 Å². The summed E-state index contributed by atoms with van der Waals surface area (Å²) in [5.41, 5.74) is 0.